The number of amides is 2. The highest BCUT2D eigenvalue weighted by atomic mass is 32.1. The number of nitrogens with one attached hydrogen (secondary N) is 1. The molecule has 2 aliphatic heterocycles. The maximum atomic E-state index is 13.8. The van der Waals surface area contributed by atoms with Gasteiger partial charge in [-0.1, -0.05) is 18.3 Å². The number of aliphatic hydroxyl groups is 1. The molecule has 3 atom stereocenters. The topological polar surface area (TPSA) is 86.0 Å². The van der Waals surface area contributed by atoms with E-state index in [1.807, 2.05) is 4.90 Å². The number of carbonyl (C=O) groups excluding carboxylic acids is 1. The number of anilines is 2. The van der Waals surface area contributed by atoms with Crippen molar-refractivity contribution in [3.05, 3.63) is 42.3 Å². The van der Waals surface area contributed by atoms with E-state index in [-0.39, 0.29) is 18.1 Å². The monoisotopic (exact) mass is 492 g/mol. The number of rotatable bonds is 3. The Balaban J connectivity index is 1.43. The van der Waals surface area contributed by atoms with Crippen LogP contribution in [-0.4, -0.2) is 73.5 Å². The minimum absolute atomic E-state index is 0.230. The summed E-state index contributed by atoms with van der Waals surface area (Å²) in [5, 5.41) is 16.7. The molecule has 3 aliphatic rings. The summed E-state index contributed by atoms with van der Waals surface area (Å²) in [6.07, 6.45) is 3.93. The minimum atomic E-state index is -4.41. The summed E-state index contributed by atoms with van der Waals surface area (Å²) in [7, 11) is 0. The Bertz CT molecular complexity index is 1190. The molecule has 12 heteroatoms. The Kier molecular flexibility index (Phi) is 5.80. The summed E-state index contributed by atoms with van der Waals surface area (Å²) in [4.78, 5) is 21.0. The molecule has 0 saturated carbocycles. The first-order chi connectivity index (χ1) is 16.2. The lowest BCUT2D eigenvalue weighted by molar-refractivity contribution is -0.152. The van der Waals surface area contributed by atoms with E-state index in [9.17, 15) is 23.1 Å². The van der Waals surface area contributed by atoms with Crippen molar-refractivity contribution in [2.45, 2.75) is 37.6 Å². The lowest BCUT2D eigenvalue weighted by atomic mass is 9.86. The van der Waals surface area contributed by atoms with Crippen LogP contribution in [0.15, 0.2) is 42.3 Å². The van der Waals surface area contributed by atoms with Gasteiger partial charge in [0, 0.05) is 30.7 Å². The highest BCUT2D eigenvalue weighted by molar-refractivity contribution is 7.81. The Morgan fingerprint density at radius 3 is 2.82 bits per heavy atom. The van der Waals surface area contributed by atoms with Crippen LogP contribution in [0, 0.1) is 5.92 Å². The second-order valence-electron chi connectivity index (χ2n) is 8.71. The predicted molar refractivity (Wildman–Crippen MR) is 124 cm³/mol. The van der Waals surface area contributed by atoms with Crippen molar-refractivity contribution < 1.29 is 23.1 Å². The lowest BCUT2D eigenvalue weighted by Gasteiger charge is -2.33. The first kappa shape index (κ1) is 22.8. The zero-order valence-corrected chi connectivity index (χ0v) is 18.9. The van der Waals surface area contributed by atoms with E-state index in [2.05, 4.69) is 15.4 Å². The number of allylic oxidation sites excluding steroid dienone is 3. The summed E-state index contributed by atoms with van der Waals surface area (Å²) in [6.45, 7) is 1.25. The fourth-order valence-electron chi connectivity index (χ4n) is 4.82. The van der Waals surface area contributed by atoms with Gasteiger partial charge in [-0.15, -0.1) is 0 Å². The molecule has 2 aromatic rings. The summed E-state index contributed by atoms with van der Waals surface area (Å²) in [5.74, 6) is -1.18. The van der Waals surface area contributed by atoms with E-state index in [0.29, 0.717) is 47.9 Å². The number of aliphatic hydroxyl groups excluding tert-OH is 1. The van der Waals surface area contributed by atoms with Gasteiger partial charge in [0.25, 0.3) is 0 Å². The summed E-state index contributed by atoms with van der Waals surface area (Å²) in [5.41, 5.74) is 1.00. The first-order valence-electron chi connectivity index (χ1n) is 11.1. The normalized spacial score (nSPS) is 25.4. The van der Waals surface area contributed by atoms with Gasteiger partial charge in [-0.05, 0) is 43.1 Å². The number of hydrogen-bond acceptors (Lipinski definition) is 6. The highest BCUT2D eigenvalue weighted by Crippen LogP contribution is 2.41. The molecule has 0 aromatic carbocycles. The van der Waals surface area contributed by atoms with E-state index in [4.69, 9.17) is 12.2 Å². The van der Waals surface area contributed by atoms with Gasteiger partial charge in [-0.2, -0.15) is 18.3 Å². The fraction of sp³-hybridized carbons (Fsp3) is 0.455. The first-order valence-corrected chi connectivity index (χ1v) is 11.5. The molecule has 34 heavy (non-hydrogen) atoms. The molecular weight excluding hydrogens is 469 g/mol. The molecule has 180 valence electrons. The fourth-order valence-corrected chi connectivity index (χ4v) is 5.04. The van der Waals surface area contributed by atoms with Crippen LogP contribution in [0.5, 0.6) is 0 Å². The number of likely N-dealkylation sites (tertiary alicyclic amines) is 1. The molecule has 2 amide bonds. The van der Waals surface area contributed by atoms with Crippen molar-refractivity contribution in [2.24, 2.45) is 5.92 Å². The second kappa shape index (κ2) is 8.66. The van der Waals surface area contributed by atoms with Crippen LogP contribution < -0.4 is 10.2 Å². The number of alkyl halides is 3. The van der Waals surface area contributed by atoms with Crippen molar-refractivity contribution in [1.82, 2.24) is 19.5 Å². The maximum Gasteiger partial charge on any atom is 0.398 e. The third-order valence-electron chi connectivity index (χ3n) is 6.45. The average molecular weight is 493 g/mol. The lowest BCUT2D eigenvalue weighted by Crippen LogP contribution is -2.38. The SMILES string of the molecule is O=C(Nc1cnn2ccc(N3CCC[C@@H]3C3=CC(=S)C=CC3C(F)(F)F)nc12)N1CC[C@H](O)C1. The van der Waals surface area contributed by atoms with Gasteiger partial charge in [0.15, 0.2) is 5.65 Å². The van der Waals surface area contributed by atoms with E-state index in [1.54, 1.807) is 12.3 Å². The molecule has 0 spiro atoms. The molecule has 4 heterocycles. The van der Waals surface area contributed by atoms with E-state index in [1.165, 1.54) is 27.8 Å². The molecule has 8 nitrogen and oxygen atoms in total. The number of thiocarbonyl (C=S) groups is 1. The Hall–Kier alpha value is -2.99. The maximum absolute atomic E-state index is 13.8. The zero-order chi connectivity index (χ0) is 24.0. The number of halogens is 3. The molecule has 1 unspecified atom stereocenters. The van der Waals surface area contributed by atoms with Crippen LogP contribution in [0.4, 0.5) is 29.5 Å². The van der Waals surface area contributed by atoms with Gasteiger partial charge in [0.2, 0.25) is 0 Å². The van der Waals surface area contributed by atoms with E-state index in [0.717, 1.165) is 12.5 Å². The number of carbonyl (C=O) groups is 1. The molecule has 2 saturated heterocycles. The quantitative estimate of drug-likeness (QED) is 0.640. The van der Waals surface area contributed by atoms with E-state index < -0.39 is 24.2 Å². The molecule has 2 N–H and O–H groups in total. The van der Waals surface area contributed by atoms with Crippen LogP contribution in [-0.2, 0) is 0 Å². The van der Waals surface area contributed by atoms with Crippen LogP contribution in [0.2, 0.25) is 0 Å². The van der Waals surface area contributed by atoms with Crippen molar-refractivity contribution in [2.75, 3.05) is 29.9 Å². The van der Waals surface area contributed by atoms with Crippen LogP contribution >= 0.6 is 12.2 Å². The predicted octanol–water partition coefficient (Wildman–Crippen LogP) is 3.34. The number of aromatic nitrogens is 3. The Morgan fingerprint density at radius 2 is 2.09 bits per heavy atom. The van der Waals surface area contributed by atoms with Gasteiger partial charge in [-0.25, -0.2) is 14.3 Å². The van der Waals surface area contributed by atoms with Crippen LogP contribution in [0.25, 0.3) is 5.65 Å². The summed E-state index contributed by atoms with van der Waals surface area (Å²) >= 11 is 5.17. The van der Waals surface area contributed by atoms with Crippen LogP contribution in [0.3, 0.4) is 0 Å². The van der Waals surface area contributed by atoms with E-state index >= 15 is 0 Å². The molecule has 0 radical (unpaired) electrons. The number of hydrogen-bond donors (Lipinski definition) is 2. The second-order valence-corrected chi connectivity index (χ2v) is 9.18. The van der Waals surface area contributed by atoms with Gasteiger partial charge in [-0.3, -0.25) is 0 Å². The van der Waals surface area contributed by atoms with Crippen LogP contribution in [0.1, 0.15) is 19.3 Å². The molecule has 2 aromatic heterocycles. The van der Waals surface area contributed by atoms with Gasteiger partial charge < -0.3 is 20.2 Å². The van der Waals surface area contributed by atoms with Crippen molar-refractivity contribution >= 4 is 40.3 Å². The third-order valence-corrected chi connectivity index (χ3v) is 6.71. The molecule has 1 aliphatic carbocycles. The molecular formula is C22H23F3N6O2S. The highest BCUT2D eigenvalue weighted by Gasteiger charge is 2.45. The van der Waals surface area contributed by atoms with Crippen molar-refractivity contribution in [3.63, 3.8) is 0 Å². The number of urea groups is 1. The molecule has 5 rings (SSSR count). The van der Waals surface area contributed by atoms with Gasteiger partial charge in [0.05, 0.1) is 24.3 Å². The van der Waals surface area contributed by atoms with Crippen molar-refractivity contribution in [3.8, 4) is 0 Å². The largest absolute Gasteiger partial charge is 0.398 e. The molecule has 2 fully saturated rings. The Morgan fingerprint density at radius 1 is 1.26 bits per heavy atom. The summed E-state index contributed by atoms with van der Waals surface area (Å²) < 4.78 is 42.8. The van der Waals surface area contributed by atoms with Gasteiger partial charge in [0.1, 0.15) is 11.5 Å². The standard InChI is InChI=1S/C22H23F3N6O2S/c23-22(24,25)16-4-3-14(34)10-15(16)18-2-1-7-30(18)19-6-9-31-20(28-19)17(11-26-31)27-21(33)29-8-5-13(32)12-29/h3-4,6,9-11,13,16,18,32H,1-2,5,7-8,12H2,(H,27,33)/t13-,16?,18+/m0/s1. The smallest absolute Gasteiger partial charge is 0.391 e. The summed E-state index contributed by atoms with van der Waals surface area (Å²) in [6, 6.07) is 0.857. The number of β-amino-alcohol motifs (C(OH)–C–C–N with tert-alkyl or cyclic N) is 1. The Labute approximate surface area is 198 Å². The van der Waals surface area contributed by atoms with Crippen molar-refractivity contribution in [1.29, 1.82) is 0 Å². The average Bonchev–Trinajstić information content (AvgIpc) is 3.52. The molecule has 0 bridgehead atoms. The third kappa shape index (κ3) is 4.27. The zero-order valence-electron chi connectivity index (χ0n) is 18.1. The number of nitrogens with zero attached hydrogens (tertiary/aromatic N) is 5. The number of fused-ring (bicyclic) bond motifs is 1. The minimum Gasteiger partial charge on any atom is -0.391 e. The van der Waals surface area contributed by atoms with Gasteiger partial charge >= 0.3 is 12.2 Å².